The Morgan fingerprint density at radius 3 is 2.77 bits per heavy atom. The van der Waals surface area contributed by atoms with E-state index in [0.717, 1.165) is 5.69 Å². The highest BCUT2D eigenvalue weighted by atomic mass is 35.5. The Kier molecular flexibility index (Phi) is 5.81. The first-order valence-corrected chi connectivity index (χ1v) is 8.73. The van der Waals surface area contributed by atoms with E-state index in [-0.39, 0.29) is 5.91 Å². The molecule has 0 bridgehead atoms. The van der Waals surface area contributed by atoms with Gasteiger partial charge in [-0.2, -0.15) is 5.10 Å². The number of ether oxygens (including phenoxy) is 1. The zero-order valence-corrected chi connectivity index (χ0v) is 15.6. The molecule has 0 saturated heterocycles. The molecular weight excluding hydrogens is 373 g/mol. The first-order chi connectivity index (χ1) is 12.5. The van der Waals surface area contributed by atoms with E-state index in [9.17, 15) is 4.79 Å². The lowest BCUT2D eigenvalue weighted by molar-refractivity contribution is 0.0774. The minimum Gasteiger partial charge on any atom is -0.492 e. The van der Waals surface area contributed by atoms with Gasteiger partial charge in [-0.1, -0.05) is 41.4 Å². The number of amides is 1. The molecule has 0 N–H and O–H groups in total. The van der Waals surface area contributed by atoms with Crippen molar-refractivity contribution >= 4 is 29.1 Å². The molecule has 0 aliphatic heterocycles. The van der Waals surface area contributed by atoms with Gasteiger partial charge in [0.1, 0.15) is 12.4 Å². The van der Waals surface area contributed by atoms with Gasteiger partial charge in [-0.15, -0.1) is 0 Å². The molecule has 0 fully saturated rings. The number of likely N-dealkylation sites (N-methyl/N-ethyl adjacent to an activating group) is 1. The van der Waals surface area contributed by atoms with Crippen molar-refractivity contribution in [3.63, 3.8) is 0 Å². The van der Waals surface area contributed by atoms with Gasteiger partial charge in [-0.05, 0) is 30.3 Å². The molecular formula is C19H17Cl2N3O2. The molecule has 0 unspecified atom stereocenters. The van der Waals surface area contributed by atoms with E-state index in [1.54, 1.807) is 41.0 Å². The summed E-state index contributed by atoms with van der Waals surface area (Å²) in [6.07, 6.45) is 3.19. The fourth-order valence-electron chi connectivity index (χ4n) is 2.38. The number of aromatic nitrogens is 2. The van der Waals surface area contributed by atoms with Crippen molar-refractivity contribution in [3.05, 3.63) is 76.5 Å². The summed E-state index contributed by atoms with van der Waals surface area (Å²) in [7, 11) is 1.72. The zero-order chi connectivity index (χ0) is 18.5. The summed E-state index contributed by atoms with van der Waals surface area (Å²) < 4.78 is 7.21. The van der Waals surface area contributed by atoms with Crippen LogP contribution in [0.25, 0.3) is 5.69 Å². The fourth-order valence-corrected chi connectivity index (χ4v) is 2.78. The average molecular weight is 390 g/mol. The molecule has 0 aliphatic rings. The Hall–Kier alpha value is -2.50. The molecule has 0 spiro atoms. The Morgan fingerprint density at radius 1 is 1.19 bits per heavy atom. The lowest BCUT2D eigenvalue weighted by Crippen LogP contribution is -2.30. The Bertz CT molecular complexity index is 911. The van der Waals surface area contributed by atoms with Gasteiger partial charge < -0.3 is 9.64 Å². The molecule has 2 aromatic carbocycles. The predicted octanol–water partition coefficient (Wildman–Crippen LogP) is 4.33. The van der Waals surface area contributed by atoms with Gasteiger partial charge in [0.15, 0.2) is 0 Å². The number of hydrogen-bond donors (Lipinski definition) is 0. The standard InChI is InChI=1S/C19H17Cl2N3O2/c1-23(9-10-26-16-6-4-5-15(20)11-16)19(25)14-12-22-24(13-14)18-8-3-2-7-17(18)21/h2-8,11-13H,9-10H2,1H3. The zero-order valence-electron chi connectivity index (χ0n) is 14.1. The van der Waals surface area contributed by atoms with Crippen molar-refractivity contribution in [2.24, 2.45) is 0 Å². The monoisotopic (exact) mass is 389 g/mol. The molecule has 3 rings (SSSR count). The molecule has 0 saturated carbocycles. The summed E-state index contributed by atoms with van der Waals surface area (Å²) in [6, 6.07) is 14.5. The van der Waals surface area contributed by atoms with Crippen LogP contribution >= 0.6 is 23.2 Å². The Morgan fingerprint density at radius 2 is 2.00 bits per heavy atom. The molecule has 1 heterocycles. The summed E-state index contributed by atoms with van der Waals surface area (Å²) in [4.78, 5) is 14.1. The van der Waals surface area contributed by atoms with E-state index < -0.39 is 0 Å². The van der Waals surface area contributed by atoms with Crippen molar-refractivity contribution in [1.82, 2.24) is 14.7 Å². The van der Waals surface area contributed by atoms with E-state index in [2.05, 4.69) is 5.10 Å². The van der Waals surface area contributed by atoms with Crippen LogP contribution < -0.4 is 4.74 Å². The summed E-state index contributed by atoms with van der Waals surface area (Å²) in [5.74, 6) is 0.530. The van der Waals surface area contributed by atoms with E-state index in [1.807, 2.05) is 30.3 Å². The summed E-state index contributed by atoms with van der Waals surface area (Å²) in [6.45, 7) is 0.795. The largest absolute Gasteiger partial charge is 0.492 e. The maximum absolute atomic E-state index is 12.5. The van der Waals surface area contributed by atoms with Gasteiger partial charge in [0.05, 0.1) is 29.0 Å². The van der Waals surface area contributed by atoms with Crippen LogP contribution in [0.15, 0.2) is 60.9 Å². The highest BCUT2D eigenvalue weighted by Crippen LogP contribution is 2.20. The van der Waals surface area contributed by atoms with Gasteiger partial charge in [0.2, 0.25) is 0 Å². The smallest absolute Gasteiger partial charge is 0.256 e. The predicted molar refractivity (Wildman–Crippen MR) is 102 cm³/mol. The second kappa shape index (κ2) is 8.25. The van der Waals surface area contributed by atoms with Crippen molar-refractivity contribution < 1.29 is 9.53 Å². The van der Waals surface area contributed by atoms with Gasteiger partial charge >= 0.3 is 0 Å². The van der Waals surface area contributed by atoms with Gasteiger partial charge in [-0.3, -0.25) is 4.79 Å². The van der Waals surface area contributed by atoms with Gasteiger partial charge in [0.25, 0.3) is 5.91 Å². The maximum Gasteiger partial charge on any atom is 0.256 e. The van der Waals surface area contributed by atoms with Crippen LogP contribution in [0.5, 0.6) is 5.75 Å². The number of carbonyl (C=O) groups is 1. The van der Waals surface area contributed by atoms with Crippen LogP contribution in [0.1, 0.15) is 10.4 Å². The summed E-state index contributed by atoms with van der Waals surface area (Å²) >= 11 is 12.1. The summed E-state index contributed by atoms with van der Waals surface area (Å²) in [5, 5.41) is 5.40. The lowest BCUT2D eigenvalue weighted by Gasteiger charge is -2.16. The minimum atomic E-state index is -0.141. The molecule has 3 aromatic rings. The SMILES string of the molecule is CN(CCOc1cccc(Cl)c1)C(=O)c1cnn(-c2ccccc2Cl)c1. The van der Waals surface area contributed by atoms with Crippen molar-refractivity contribution in [1.29, 1.82) is 0 Å². The Balaban J connectivity index is 1.59. The third kappa shape index (κ3) is 4.36. The molecule has 134 valence electrons. The van der Waals surface area contributed by atoms with Crippen LogP contribution in [-0.4, -0.2) is 40.8 Å². The van der Waals surface area contributed by atoms with Crippen LogP contribution in [0.4, 0.5) is 0 Å². The van der Waals surface area contributed by atoms with E-state index >= 15 is 0 Å². The van der Waals surface area contributed by atoms with Gasteiger partial charge in [0, 0.05) is 18.3 Å². The molecule has 0 aliphatic carbocycles. The number of benzene rings is 2. The first kappa shape index (κ1) is 18.3. The third-order valence-corrected chi connectivity index (χ3v) is 4.32. The molecule has 5 nitrogen and oxygen atoms in total. The normalized spacial score (nSPS) is 10.6. The molecule has 0 radical (unpaired) electrons. The number of halogens is 2. The molecule has 7 heteroatoms. The lowest BCUT2D eigenvalue weighted by atomic mass is 10.3. The number of para-hydroxylation sites is 1. The highest BCUT2D eigenvalue weighted by Gasteiger charge is 2.15. The topological polar surface area (TPSA) is 47.4 Å². The highest BCUT2D eigenvalue weighted by molar-refractivity contribution is 6.32. The fraction of sp³-hybridized carbons (Fsp3) is 0.158. The second-order valence-electron chi connectivity index (χ2n) is 5.66. The van der Waals surface area contributed by atoms with E-state index in [1.165, 1.54) is 6.20 Å². The number of carbonyl (C=O) groups excluding carboxylic acids is 1. The Labute approximate surface area is 161 Å². The van der Waals surface area contributed by atoms with Crippen molar-refractivity contribution in [2.45, 2.75) is 0 Å². The van der Waals surface area contributed by atoms with Crippen molar-refractivity contribution in [3.8, 4) is 11.4 Å². The molecule has 1 aromatic heterocycles. The van der Waals surface area contributed by atoms with Gasteiger partial charge in [-0.25, -0.2) is 4.68 Å². The van der Waals surface area contributed by atoms with Crippen LogP contribution in [-0.2, 0) is 0 Å². The first-order valence-electron chi connectivity index (χ1n) is 7.98. The quantitative estimate of drug-likeness (QED) is 0.630. The number of nitrogens with zero attached hydrogens (tertiary/aromatic N) is 3. The third-order valence-electron chi connectivity index (χ3n) is 3.77. The second-order valence-corrected chi connectivity index (χ2v) is 6.50. The number of hydrogen-bond acceptors (Lipinski definition) is 3. The van der Waals surface area contributed by atoms with E-state index in [0.29, 0.717) is 34.5 Å². The average Bonchev–Trinajstić information content (AvgIpc) is 3.11. The van der Waals surface area contributed by atoms with Crippen LogP contribution in [0.2, 0.25) is 10.0 Å². The van der Waals surface area contributed by atoms with E-state index in [4.69, 9.17) is 27.9 Å². The minimum absolute atomic E-state index is 0.141. The van der Waals surface area contributed by atoms with Crippen LogP contribution in [0.3, 0.4) is 0 Å². The number of rotatable bonds is 6. The molecule has 26 heavy (non-hydrogen) atoms. The van der Waals surface area contributed by atoms with Crippen molar-refractivity contribution in [2.75, 3.05) is 20.2 Å². The van der Waals surface area contributed by atoms with Crippen LogP contribution in [0, 0.1) is 0 Å². The maximum atomic E-state index is 12.5. The molecule has 1 amide bonds. The molecule has 0 atom stereocenters. The summed E-state index contributed by atoms with van der Waals surface area (Å²) in [5.41, 5.74) is 1.20.